The second-order valence-electron chi connectivity index (χ2n) is 2.12. The van der Waals surface area contributed by atoms with E-state index in [2.05, 4.69) is 19.9 Å². The number of hydrogen-bond donors (Lipinski definition) is 4. The number of nitrogen functional groups attached to an aromatic ring is 1. The largest absolute Gasteiger partial charge is 0.692 e. The predicted molar refractivity (Wildman–Crippen MR) is 48.1 cm³/mol. The topological polar surface area (TPSA) is 138 Å². The molecule has 2 heterocycles. The number of nitrogens with two attached hydrogens (primary N) is 1. The Morgan fingerprint density at radius 3 is 2.71 bits per heavy atom. The van der Waals surface area contributed by atoms with Crippen LogP contribution < -0.4 is 5.73 Å². The summed E-state index contributed by atoms with van der Waals surface area (Å²) in [5, 5.41) is 0. The lowest BCUT2D eigenvalue weighted by Gasteiger charge is -1.87. The van der Waals surface area contributed by atoms with Crippen LogP contribution in [0.2, 0.25) is 0 Å². The molecule has 0 atom stereocenters. The van der Waals surface area contributed by atoms with E-state index < -0.39 is 8.25 Å². The summed E-state index contributed by atoms with van der Waals surface area (Å²) in [5.41, 5.74) is 6.71. The molecule has 0 aliphatic rings. The lowest BCUT2D eigenvalue weighted by molar-refractivity contribution is 0.405. The van der Waals surface area contributed by atoms with Crippen LogP contribution >= 0.6 is 8.25 Å². The van der Waals surface area contributed by atoms with Crippen LogP contribution in [0.15, 0.2) is 12.5 Å². The second-order valence-corrected chi connectivity index (χ2v) is 2.63. The van der Waals surface area contributed by atoms with E-state index in [0.29, 0.717) is 5.65 Å². The smallest absolute Gasteiger partial charge is 0.368 e. The summed E-state index contributed by atoms with van der Waals surface area (Å²) in [6.45, 7) is 0. The second kappa shape index (κ2) is 4.56. The van der Waals surface area contributed by atoms with Gasteiger partial charge in [-0.3, -0.25) is 0 Å². The number of nitrogens with one attached hydrogen (secondary N) is 1. The Bertz CT molecular complexity index is 440. The van der Waals surface area contributed by atoms with E-state index in [4.69, 9.17) is 20.1 Å². The van der Waals surface area contributed by atoms with Gasteiger partial charge in [-0.1, -0.05) is 0 Å². The van der Waals surface area contributed by atoms with Gasteiger partial charge in [0, 0.05) is 4.57 Å². The summed E-state index contributed by atoms with van der Waals surface area (Å²) in [5.74, 6) is 0.250. The molecule has 0 radical (unpaired) electrons. The molecule has 5 N–H and O–H groups in total. The van der Waals surface area contributed by atoms with Gasteiger partial charge < -0.3 is 10.7 Å². The van der Waals surface area contributed by atoms with Gasteiger partial charge in [0.15, 0.2) is 5.65 Å². The standard InChI is InChI=1S/C5H5N5.HO3P/c6-5-7-1-3-4(10-5)9-2-8-3;1-4(2)3/h1-2H,(H3,6,7,8,9,10);(H-,1,2,3)/p+1. The van der Waals surface area contributed by atoms with E-state index in [0.717, 1.165) is 5.52 Å². The fourth-order valence-electron chi connectivity index (χ4n) is 0.749. The summed E-state index contributed by atoms with van der Waals surface area (Å²) in [7, 11) is -2.87. The first-order valence-corrected chi connectivity index (χ1v) is 4.52. The number of imidazole rings is 1. The van der Waals surface area contributed by atoms with E-state index >= 15 is 0 Å². The van der Waals surface area contributed by atoms with Crippen molar-refractivity contribution in [2.75, 3.05) is 5.73 Å². The van der Waals surface area contributed by atoms with Crippen molar-refractivity contribution < 1.29 is 14.4 Å². The highest BCUT2D eigenvalue weighted by atomic mass is 31.1. The van der Waals surface area contributed by atoms with Crippen LogP contribution in [0.3, 0.4) is 0 Å². The number of hydrogen-bond acceptors (Lipinski definition) is 5. The zero-order valence-corrected chi connectivity index (χ0v) is 7.72. The van der Waals surface area contributed by atoms with Crippen LogP contribution in [0.5, 0.6) is 0 Å². The number of nitrogens with zero attached hydrogens (tertiary/aromatic N) is 3. The average Bonchev–Trinajstić information content (AvgIpc) is 2.49. The van der Waals surface area contributed by atoms with Gasteiger partial charge in [-0.05, 0) is 0 Å². The maximum Gasteiger partial charge on any atom is 0.692 e. The van der Waals surface area contributed by atoms with E-state index in [1.807, 2.05) is 0 Å². The van der Waals surface area contributed by atoms with Gasteiger partial charge in [-0.15, -0.1) is 9.79 Å². The average molecular weight is 216 g/mol. The molecule has 2 aromatic heterocycles. The molecule has 0 saturated carbocycles. The van der Waals surface area contributed by atoms with Crippen LogP contribution in [0.4, 0.5) is 5.95 Å². The third-order valence-electron chi connectivity index (χ3n) is 1.19. The molecule has 74 valence electrons. The van der Waals surface area contributed by atoms with Crippen molar-refractivity contribution in [3.8, 4) is 0 Å². The van der Waals surface area contributed by atoms with Gasteiger partial charge in [0.1, 0.15) is 5.52 Å². The van der Waals surface area contributed by atoms with E-state index in [1.54, 1.807) is 12.5 Å². The molecule has 9 heteroatoms. The van der Waals surface area contributed by atoms with Crippen LogP contribution in [0, 0.1) is 0 Å². The first-order valence-electron chi connectivity index (χ1n) is 3.36. The first kappa shape index (κ1) is 10.5. The molecule has 0 aliphatic heterocycles. The van der Waals surface area contributed by atoms with Gasteiger partial charge in [0.25, 0.3) is 0 Å². The molecular formula is C5H7N5O3P+. The molecule has 2 rings (SSSR count). The molecule has 2 aromatic rings. The number of aromatic nitrogens is 4. The lowest BCUT2D eigenvalue weighted by atomic mass is 10.6. The monoisotopic (exact) mass is 216 g/mol. The van der Waals surface area contributed by atoms with E-state index in [-0.39, 0.29) is 5.95 Å². The van der Waals surface area contributed by atoms with E-state index in [1.165, 1.54) is 0 Å². The minimum absolute atomic E-state index is 0.250. The number of aromatic amines is 1. The van der Waals surface area contributed by atoms with Crippen molar-refractivity contribution in [1.29, 1.82) is 0 Å². The first-order chi connectivity index (χ1) is 6.59. The maximum atomic E-state index is 8.70. The van der Waals surface area contributed by atoms with Crippen LogP contribution in [0.25, 0.3) is 11.2 Å². The Hall–Kier alpha value is -1.63. The SMILES string of the molecule is Nc1ncc2[nH]cnc2n1.O=[P+](O)O. The number of fused-ring (bicyclic) bond motifs is 1. The van der Waals surface area contributed by atoms with Crippen LogP contribution in [-0.4, -0.2) is 29.7 Å². The van der Waals surface area contributed by atoms with Gasteiger partial charge in [-0.25, -0.2) is 9.97 Å². The Kier molecular flexibility index (Phi) is 3.41. The Labute approximate surface area is 78.8 Å². The molecule has 0 aromatic carbocycles. The van der Waals surface area contributed by atoms with Crippen molar-refractivity contribution in [3.63, 3.8) is 0 Å². The van der Waals surface area contributed by atoms with Crippen molar-refractivity contribution in [2.24, 2.45) is 0 Å². The van der Waals surface area contributed by atoms with Gasteiger partial charge in [0.2, 0.25) is 5.95 Å². The molecule has 0 spiro atoms. The van der Waals surface area contributed by atoms with Crippen molar-refractivity contribution in [1.82, 2.24) is 19.9 Å². The zero-order valence-electron chi connectivity index (χ0n) is 6.82. The van der Waals surface area contributed by atoms with Crippen LogP contribution in [-0.2, 0) is 4.57 Å². The van der Waals surface area contributed by atoms with Crippen molar-refractivity contribution in [2.45, 2.75) is 0 Å². The molecule has 0 bridgehead atoms. The maximum absolute atomic E-state index is 8.70. The Morgan fingerprint density at radius 1 is 1.43 bits per heavy atom. The predicted octanol–water partition coefficient (Wildman–Crippen LogP) is -0.437. The number of H-pyrrole nitrogens is 1. The Morgan fingerprint density at radius 2 is 2.07 bits per heavy atom. The summed E-state index contributed by atoms with van der Waals surface area (Å²) in [4.78, 5) is 28.6. The number of anilines is 1. The molecule has 0 saturated heterocycles. The summed E-state index contributed by atoms with van der Waals surface area (Å²) >= 11 is 0. The highest BCUT2D eigenvalue weighted by molar-refractivity contribution is 7.30. The highest BCUT2D eigenvalue weighted by Gasteiger charge is 1.96. The van der Waals surface area contributed by atoms with Gasteiger partial charge >= 0.3 is 8.25 Å². The molecule has 8 nitrogen and oxygen atoms in total. The van der Waals surface area contributed by atoms with Gasteiger partial charge in [-0.2, -0.15) is 4.98 Å². The molecule has 0 aliphatic carbocycles. The number of rotatable bonds is 0. The summed E-state index contributed by atoms with van der Waals surface area (Å²) < 4.78 is 8.70. The lowest BCUT2D eigenvalue weighted by Crippen LogP contribution is -1.93. The molecule has 0 unspecified atom stereocenters. The highest BCUT2D eigenvalue weighted by Crippen LogP contribution is 2.03. The fraction of sp³-hybridized carbons (Fsp3) is 0. The summed E-state index contributed by atoms with van der Waals surface area (Å²) in [6, 6.07) is 0. The van der Waals surface area contributed by atoms with Crippen molar-refractivity contribution in [3.05, 3.63) is 12.5 Å². The molecular weight excluding hydrogens is 209 g/mol. The zero-order chi connectivity index (χ0) is 10.6. The minimum atomic E-state index is -2.87. The Balaban J connectivity index is 0.000000213. The quantitative estimate of drug-likeness (QED) is 0.438. The fourth-order valence-corrected chi connectivity index (χ4v) is 0.749. The van der Waals surface area contributed by atoms with Gasteiger partial charge in [0.05, 0.1) is 12.5 Å². The third kappa shape index (κ3) is 3.02. The third-order valence-corrected chi connectivity index (χ3v) is 1.19. The van der Waals surface area contributed by atoms with Crippen molar-refractivity contribution >= 4 is 25.4 Å². The minimum Gasteiger partial charge on any atom is -0.368 e. The summed E-state index contributed by atoms with van der Waals surface area (Å²) in [6.07, 6.45) is 3.16. The molecule has 0 fully saturated rings. The van der Waals surface area contributed by atoms with Crippen LogP contribution in [0.1, 0.15) is 0 Å². The normalized spacial score (nSPS) is 9.29. The molecule has 0 amide bonds. The molecule has 14 heavy (non-hydrogen) atoms. The van der Waals surface area contributed by atoms with E-state index in [9.17, 15) is 0 Å².